The Labute approximate surface area is 121 Å². The lowest BCUT2D eigenvalue weighted by Gasteiger charge is -2.09. The standard InChI is InChI=1S/C15H26N4O/c1-3-4-9-20-10-5-8-17-14-11-13(16-2)18-15(19-14)12-6-7-12/h11-12H,3-10H2,1-2H3,(H2,16,17,18,19). The Morgan fingerprint density at radius 1 is 1.20 bits per heavy atom. The third kappa shape index (κ3) is 4.96. The molecule has 1 aliphatic rings. The number of nitrogens with one attached hydrogen (secondary N) is 2. The maximum atomic E-state index is 5.54. The molecule has 20 heavy (non-hydrogen) atoms. The summed E-state index contributed by atoms with van der Waals surface area (Å²) in [7, 11) is 1.89. The normalized spacial score (nSPS) is 14.3. The molecule has 0 bridgehead atoms. The first kappa shape index (κ1) is 15.0. The molecule has 0 radical (unpaired) electrons. The number of nitrogens with zero attached hydrogens (tertiary/aromatic N) is 2. The van der Waals surface area contributed by atoms with E-state index < -0.39 is 0 Å². The van der Waals surface area contributed by atoms with Crippen LogP contribution in [0.2, 0.25) is 0 Å². The fourth-order valence-corrected chi connectivity index (χ4v) is 1.95. The van der Waals surface area contributed by atoms with Gasteiger partial charge in [0.05, 0.1) is 0 Å². The van der Waals surface area contributed by atoms with Crippen LogP contribution in [0.15, 0.2) is 6.07 Å². The molecule has 2 N–H and O–H groups in total. The highest BCUT2D eigenvalue weighted by Crippen LogP contribution is 2.38. The molecule has 0 unspecified atom stereocenters. The predicted molar refractivity (Wildman–Crippen MR) is 82.4 cm³/mol. The summed E-state index contributed by atoms with van der Waals surface area (Å²) in [4.78, 5) is 9.09. The van der Waals surface area contributed by atoms with Gasteiger partial charge >= 0.3 is 0 Å². The first-order chi connectivity index (χ1) is 9.83. The van der Waals surface area contributed by atoms with Crippen LogP contribution in [0.4, 0.5) is 11.6 Å². The summed E-state index contributed by atoms with van der Waals surface area (Å²) in [5.41, 5.74) is 0. The van der Waals surface area contributed by atoms with Crippen LogP contribution in [0.5, 0.6) is 0 Å². The van der Waals surface area contributed by atoms with Crippen molar-refractivity contribution < 1.29 is 4.74 Å². The van der Waals surface area contributed by atoms with E-state index in [0.717, 1.165) is 50.1 Å². The molecule has 0 amide bonds. The van der Waals surface area contributed by atoms with E-state index >= 15 is 0 Å². The highest BCUT2D eigenvalue weighted by molar-refractivity contribution is 5.47. The van der Waals surface area contributed by atoms with Gasteiger partial charge in [-0.05, 0) is 25.7 Å². The highest BCUT2D eigenvalue weighted by Gasteiger charge is 2.27. The largest absolute Gasteiger partial charge is 0.381 e. The molecule has 5 nitrogen and oxygen atoms in total. The van der Waals surface area contributed by atoms with Crippen LogP contribution >= 0.6 is 0 Å². The number of hydrogen-bond acceptors (Lipinski definition) is 5. The van der Waals surface area contributed by atoms with Gasteiger partial charge in [0.1, 0.15) is 17.5 Å². The molecule has 1 aromatic heterocycles. The fraction of sp³-hybridized carbons (Fsp3) is 0.733. The Bertz CT molecular complexity index is 407. The lowest BCUT2D eigenvalue weighted by atomic mass is 10.3. The zero-order chi connectivity index (χ0) is 14.2. The molecule has 1 heterocycles. The van der Waals surface area contributed by atoms with Crippen molar-refractivity contribution in [3.63, 3.8) is 0 Å². The third-order valence-electron chi connectivity index (χ3n) is 3.36. The van der Waals surface area contributed by atoms with Crippen LogP contribution in [0, 0.1) is 0 Å². The van der Waals surface area contributed by atoms with E-state index in [9.17, 15) is 0 Å². The van der Waals surface area contributed by atoms with Gasteiger partial charge in [-0.1, -0.05) is 13.3 Å². The van der Waals surface area contributed by atoms with Gasteiger partial charge in [0.15, 0.2) is 0 Å². The van der Waals surface area contributed by atoms with Gasteiger partial charge in [-0.25, -0.2) is 9.97 Å². The zero-order valence-corrected chi connectivity index (χ0v) is 12.6. The van der Waals surface area contributed by atoms with Crippen molar-refractivity contribution in [2.45, 2.75) is 44.9 Å². The van der Waals surface area contributed by atoms with Crippen LogP contribution in [0.1, 0.15) is 50.8 Å². The zero-order valence-electron chi connectivity index (χ0n) is 12.6. The van der Waals surface area contributed by atoms with Crippen LogP contribution in [-0.4, -0.2) is 36.8 Å². The quantitative estimate of drug-likeness (QED) is 0.644. The van der Waals surface area contributed by atoms with Gasteiger partial charge < -0.3 is 15.4 Å². The average Bonchev–Trinajstić information content (AvgIpc) is 3.30. The molecule has 0 atom stereocenters. The molecule has 0 aliphatic heterocycles. The third-order valence-corrected chi connectivity index (χ3v) is 3.36. The van der Waals surface area contributed by atoms with Crippen molar-refractivity contribution in [3.05, 3.63) is 11.9 Å². The van der Waals surface area contributed by atoms with Crippen molar-refractivity contribution in [1.82, 2.24) is 9.97 Å². The number of aromatic nitrogens is 2. The highest BCUT2D eigenvalue weighted by atomic mass is 16.5. The van der Waals surface area contributed by atoms with Gasteiger partial charge in [0, 0.05) is 38.8 Å². The average molecular weight is 278 g/mol. The van der Waals surface area contributed by atoms with Gasteiger partial charge in [-0.2, -0.15) is 0 Å². The van der Waals surface area contributed by atoms with Gasteiger partial charge in [-0.15, -0.1) is 0 Å². The van der Waals surface area contributed by atoms with E-state index in [-0.39, 0.29) is 0 Å². The summed E-state index contributed by atoms with van der Waals surface area (Å²) >= 11 is 0. The van der Waals surface area contributed by atoms with Crippen molar-refractivity contribution in [3.8, 4) is 0 Å². The van der Waals surface area contributed by atoms with Gasteiger partial charge in [0.2, 0.25) is 0 Å². The van der Waals surface area contributed by atoms with Gasteiger partial charge in [-0.3, -0.25) is 0 Å². The summed E-state index contributed by atoms with van der Waals surface area (Å²) in [6.45, 7) is 4.75. The molecule has 2 rings (SSSR count). The number of rotatable bonds is 10. The molecule has 1 saturated carbocycles. The van der Waals surface area contributed by atoms with E-state index in [1.54, 1.807) is 0 Å². The summed E-state index contributed by atoms with van der Waals surface area (Å²) in [5, 5.41) is 6.46. The Morgan fingerprint density at radius 2 is 1.95 bits per heavy atom. The minimum Gasteiger partial charge on any atom is -0.381 e. The number of ether oxygens (including phenoxy) is 1. The molecule has 1 aliphatic carbocycles. The summed E-state index contributed by atoms with van der Waals surface area (Å²) < 4.78 is 5.54. The Kier molecular flexibility index (Phi) is 6.05. The molecule has 1 aromatic rings. The summed E-state index contributed by atoms with van der Waals surface area (Å²) in [6, 6.07) is 1.96. The maximum absolute atomic E-state index is 5.54. The van der Waals surface area contributed by atoms with Crippen molar-refractivity contribution >= 4 is 11.6 Å². The number of unbranched alkanes of at least 4 members (excludes halogenated alkanes) is 1. The van der Waals surface area contributed by atoms with Gasteiger partial charge in [0.25, 0.3) is 0 Å². The van der Waals surface area contributed by atoms with Crippen LogP contribution in [-0.2, 0) is 4.74 Å². The predicted octanol–water partition coefficient (Wildman–Crippen LogP) is 3.01. The topological polar surface area (TPSA) is 59.1 Å². The van der Waals surface area contributed by atoms with Crippen LogP contribution in [0.25, 0.3) is 0 Å². The van der Waals surface area contributed by atoms with Crippen molar-refractivity contribution in [1.29, 1.82) is 0 Å². The number of hydrogen-bond donors (Lipinski definition) is 2. The van der Waals surface area contributed by atoms with E-state index in [1.807, 2.05) is 13.1 Å². The lowest BCUT2D eigenvalue weighted by molar-refractivity contribution is 0.131. The maximum Gasteiger partial charge on any atom is 0.136 e. The first-order valence-electron chi connectivity index (χ1n) is 7.71. The van der Waals surface area contributed by atoms with Crippen molar-refractivity contribution in [2.75, 3.05) is 37.4 Å². The summed E-state index contributed by atoms with van der Waals surface area (Å²) in [5.74, 6) is 3.35. The fourth-order valence-electron chi connectivity index (χ4n) is 1.95. The second-order valence-electron chi connectivity index (χ2n) is 5.27. The SMILES string of the molecule is CCCCOCCCNc1cc(NC)nc(C2CC2)n1. The smallest absolute Gasteiger partial charge is 0.136 e. The van der Waals surface area contributed by atoms with E-state index in [2.05, 4.69) is 27.5 Å². The van der Waals surface area contributed by atoms with Crippen LogP contribution < -0.4 is 10.6 Å². The Hall–Kier alpha value is -1.36. The minimum absolute atomic E-state index is 0.571. The second-order valence-corrected chi connectivity index (χ2v) is 5.27. The molecule has 0 saturated heterocycles. The van der Waals surface area contributed by atoms with Crippen molar-refractivity contribution in [2.24, 2.45) is 0 Å². The molecule has 112 valence electrons. The Morgan fingerprint density at radius 3 is 2.65 bits per heavy atom. The molecule has 5 heteroatoms. The first-order valence-corrected chi connectivity index (χ1v) is 7.71. The molecule has 0 aromatic carbocycles. The molecule has 0 spiro atoms. The summed E-state index contributed by atoms with van der Waals surface area (Å²) in [6.07, 6.45) is 5.78. The number of anilines is 2. The lowest BCUT2D eigenvalue weighted by Crippen LogP contribution is -2.09. The second kappa shape index (κ2) is 8.04. The molecule has 1 fully saturated rings. The van der Waals surface area contributed by atoms with E-state index in [0.29, 0.717) is 5.92 Å². The minimum atomic E-state index is 0.571. The molecular weight excluding hydrogens is 252 g/mol. The van der Waals surface area contributed by atoms with E-state index in [4.69, 9.17) is 4.74 Å². The van der Waals surface area contributed by atoms with Crippen LogP contribution in [0.3, 0.4) is 0 Å². The Balaban J connectivity index is 1.73. The van der Waals surface area contributed by atoms with E-state index in [1.165, 1.54) is 19.3 Å². The molecular formula is C15H26N4O. The monoisotopic (exact) mass is 278 g/mol.